The highest BCUT2D eigenvalue weighted by Crippen LogP contribution is 2.38. The average molecular weight is 833 g/mol. The lowest BCUT2D eigenvalue weighted by Gasteiger charge is -2.46. The van der Waals surface area contributed by atoms with Gasteiger partial charge in [0.25, 0.3) is 8.32 Å². The van der Waals surface area contributed by atoms with Crippen LogP contribution in [0.3, 0.4) is 0 Å². The fourth-order valence-corrected chi connectivity index (χ4v) is 12.2. The van der Waals surface area contributed by atoms with Crippen molar-refractivity contribution in [1.29, 1.82) is 0 Å². The molecule has 0 N–H and O–H groups in total. The summed E-state index contributed by atoms with van der Waals surface area (Å²) in [6.45, 7) is 8.06. The molecule has 11 heteroatoms. The Bertz CT molecular complexity index is 1990. The molecule has 0 radical (unpaired) electrons. The number of esters is 2. The lowest BCUT2D eigenvalue weighted by Crippen LogP contribution is -2.67. The second-order valence-corrected chi connectivity index (χ2v) is 20.1. The Hall–Kier alpha value is -4.98. The van der Waals surface area contributed by atoms with E-state index < -0.39 is 57.1 Å². The largest absolute Gasteiger partial charge is 0.467 e. The van der Waals surface area contributed by atoms with Gasteiger partial charge in [0.05, 0.1) is 33.5 Å². The molecule has 5 aromatic carbocycles. The first-order valence-electron chi connectivity index (χ1n) is 20.3. The van der Waals surface area contributed by atoms with Crippen molar-refractivity contribution in [1.82, 2.24) is 0 Å². The number of methoxy groups -OCH3 is 1. The van der Waals surface area contributed by atoms with Gasteiger partial charge in [0.2, 0.25) is 0 Å². The minimum absolute atomic E-state index is 0.163. The molecule has 10 nitrogen and oxygen atoms in total. The minimum atomic E-state index is -3.13. The maximum atomic E-state index is 13.9. The van der Waals surface area contributed by atoms with Crippen molar-refractivity contribution in [3.63, 3.8) is 0 Å². The topological polar surface area (TPSA) is 108 Å². The Labute approximate surface area is 354 Å². The van der Waals surface area contributed by atoms with Gasteiger partial charge in [-0.05, 0) is 32.1 Å². The molecular formula is C49H56O10Si. The molecule has 1 fully saturated rings. The number of hydrogen-bond donors (Lipinski definition) is 0. The summed E-state index contributed by atoms with van der Waals surface area (Å²) in [4.78, 5) is 26.2. The number of carbonyl (C=O) groups excluding carboxylic acids is 2. The number of rotatable bonds is 19. The van der Waals surface area contributed by atoms with Crippen molar-refractivity contribution in [2.45, 2.75) is 89.4 Å². The quantitative estimate of drug-likeness (QED) is 0.0629. The molecule has 60 heavy (non-hydrogen) atoms. The SMILES string of the molecule is COC(=O)[C@H](CO[Si](c1ccccc1)(c1ccccc1)C(C)(C)C)O[C@@H]1OC(COC(C)=O)[C@H](OCc2ccccc2)[C@H](OCc2ccccc2)C1OCc1ccccc1. The van der Waals surface area contributed by atoms with Gasteiger partial charge in [-0.25, -0.2) is 4.79 Å². The number of carbonyl (C=O) groups is 2. The summed E-state index contributed by atoms with van der Waals surface area (Å²) in [5.74, 6) is -1.15. The van der Waals surface area contributed by atoms with E-state index in [1.165, 1.54) is 14.0 Å². The van der Waals surface area contributed by atoms with E-state index in [0.29, 0.717) is 0 Å². The third-order valence-electron chi connectivity index (χ3n) is 10.5. The van der Waals surface area contributed by atoms with Crippen molar-refractivity contribution in [3.05, 3.63) is 168 Å². The first kappa shape index (κ1) is 44.6. The van der Waals surface area contributed by atoms with Crippen molar-refractivity contribution in [2.75, 3.05) is 20.3 Å². The second-order valence-electron chi connectivity index (χ2n) is 15.8. The molecular weight excluding hydrogens is 777 g/mol. The molecule has 1 saturated heterocycles. The molecule has 0 spiro atoms. The van der Waals surface area contributed by atoms with E-state index in [1.807, 2.05) is 127 Å². The average Bonchev–Trinajstić information content (AvgIpc) is 3.27. The van der Waals surface area contributed by atoms with E-state index >= 15 is 0 Å². The third kappa shape index (κ3) is 11.4. The normalized spacial score (nSPS) is 19.9. The van der Waals surface area contributed by atoms with Gasteiger partial charge in [-0.2, -0.15) is 0 Å². The predicted octanol–water partition coefficient (Wildman–Crippen LogP) is 7.17. The van der Waals surface area contributed by atoms with Crippen LogP contribution in [0.25, 0.3) is 0 Å². The van der Waals surface area contributed by atoms with Crippen LogP contribution in [0, 0.1) is 0 Å². The maximum absolute atomic E-state index is 13.9. The highest BCUT2D eigenvalue weighted by Gasteiger charge is 2.53. The molecule has 1 heterocycles. The lowest BCUT2D eigenvalue weighted by molar-refractivity contribution is -0.334. The van der Waals surface area contributed by atoms with Crippen LogP contribution in [-0.2, 0) is 67.0 Å². The van der Waals surface area contributed by atoms with E-state index in [4.69, 9.17) is 37.6 Å². The summed E-state index contributed by atoms with van der Waals surface area (Å²) in [6, 6.07) is 49.5. The Kier molecular flexibility index (Phi) is 16.0. The van der Waals surface area contributed by atoms with Crippen LogP contribution in [-0.4, -0.2) is 77.4 Å². The van der Waals surface area contributed by atoms with Gasteiger partial charge in [0.15, 0.2) is 12.4 Å². The summed E-state index contributed by atoms with van der Waals surface area (Å²) in [7, 11) is -1.82. The van der Waals surface area contributed by atoms with Gasteiger partial charge in [0.1, 0.15) is 31.0 Å². The van der Waals surface area contributed by atoms with Crippen molar-refractivity contribution < 1.29 is 47.2 Å². The van der Waals surface area contributed by atoms with E-state index in [-0.39, 0.29) is 38.1 Å². The maximum Gasteiger partial charge on any atom is 0.337 e. The molecule has 0 amide bonds. The first-order valence-corrected chi connectivity index (χ1v) is 22.2. The highest BCUT2D eigenvalue weighted by atomic mass is 28.4. The van der Waals surface area contributed by atoms with Crippen molar-refractivity contribution in [2.24, 2.45) is 0 Å². The molecule has 2 unspecified atom stereocenters. The van der Waals surface area contributed by atoms with E-state index in [0.717, 1.165) is 27.1 Å². The smallest absolute Gasteiger partial charge is 0.337 e. The van der Waals surface area contributed by atoms with E-state index in [2.05, 4.69) is 45.0 Å². The van der Waals surface area contributed by atoms with Crippen LogP contribution in [0.5, 0.6) is 0 Å². The fraction of sp³-hybridized carbons (Fsp3) is 0.347. The highest BCUT2D eigenvalue weighted by molar-refractivity contribution is 6.99. The van der Waals surface area contributed by atoms with Gasteiger partial charge < -0.3 is 37.6 Å². The van der Waals surface area contributed by atoms with Crippen LogP contribution in [0.2, 0.25) is 5.04 Å². The molecule has 0 bridgehead atoms. The molecule has 1 aliphatic rings. The third-order valence-corrected chi connectivity index (χ3v) is 15.5. The molecule has 0 aliphatic carbocycles. The Balaban J connectivity index is 1.39. The minimum Gasteiger partial charge on any atom is -0.467 e. The van der Waals surface area contributed by atoms with Crippen LogP contribution >= 0.6 is 0 Å². The zero-order valence-corrected chi connectivity index (χ0v) is 36.0. The standard InChI is InChI=1S/C49H56O10Si/c1-36(50)53-34-42-44(54-31-37-21-11-6-12-22-37)45(55-32-38-23-13-7-14-24-38)46(56-33-39-25-15-8-16-26-39)48(58-42)59-43(47(51)52-5)35-57-60(49(2,3)4,40-27-17-9-18-28-40)41-29-19-10-20-30-41/h6-30,42-46,48H,31-35H2,1-5H3/t42?,43-,44-,45-,46?,48-/m0/s1. The first-order chi connectivity index (χ1) is 29.1. The van der Waals surface area contributed by atoms with Crippen LogP contribution in [0.15, 0.2) is 152 Å². The lowest BCUT2D eigenvalue weighted by atomic mass is 9.97. The monoisotopic (exact) mass is 832 g/mol. The summed E-state index contributed by atoms with van der Waals surface area (Å²) in [6.07, 6.45) is -6.00. The zero-order valence-electron chi connectivity index (χ0n) is 35.0. The molecule has 316 valence electrons. The van der Waals surface area contributed by atoms with Gasteiger partial charge in [-0.15, -0.1) is 0 Å². The Morgan fingerprint density at radius 2 is 1.03 bits per heavy atom. The summed E-state index contributed by atoms with van der Waals surface area (Å²) >= 11 is 0. The van der Waals surface area contributed by atoms with Gasteiger partial charge in [-0.1, -0.05) is 172 Å². The zero-order chi connectivity index (χ0) is 42.4. The predicted molar refractivity (Wildman–Crippen MR) is 231 cm³/mol. The van der Waals surface area contributed by atoms with E-state index in [1.54, 1.807) is 0 Å². The van der Waals surface area contributed by atoms with E-state index in [9.17, 15) is 9.59 Å². The molecule has 6 atom stereocenters. The number of benzene rings is 5. The second kappa shape index (κ2) is 21.5. The molecule has 6 rings (SSSR count). The molecule has 1 aliphatic heterocycles. The van der Waals surface area contributed by atoms with Crippen LogP contribution in [0.1, 0.15) is 44.4 Å². The summed E-state index contributed by atoms with van der Waals surface area (Å²) in [5, 5.41) is 1.70. The summed E-state index contributed by atoms with van der Waals surface area (Å²) in [5.41, 5.74) is 2.76. The number of hydrogen-bond acceptors (Lipinski definition) is 10. The van der Waals surface area contributed by atoms with Crippen molar-refractivity contribution in [3.8, 4) is 0 Å². The van der Waals surface area contributed by atoms with Crippen molar-refractivity contribution >= 4 is 30.6 Å². The van der Waals surface area contributed by atoms with Crippen LogP contribution < -0.4 is 10.4 Å². The van der Waals surface area contributed by atoms with Gasteiger partial charge in [0, 0.05) is 6.92 Å². The number of ether oxygens (including phenoxy) is 7. The Morgan fingerprint density at radius 1 is 0.617 bits per heavy atom. The van der Waals surface area contributed by atoms with Gasteiger partial charge in [-0.3, -0.25) is 4.79 Å². The van der Waals surface area contributed by atoms with Crippen LogP contribution in [0.4, 0.5) is 0 Å². The fourth-order valence-electron chi connectivity index (χ4n) is 7.61. The molecule has 0 aromatic heterocycles. The molecule has 5 aromatic rings. The molecule has 0 saturated carbocycles. The summed E-state index contributed by atoms with van der Waals surface area (Å²) < 4.78 is 51.8. The Morgan fingerprint density at radius 3 is 1.45 bits per heavy atom. The van der Waals surface area contributed by atoms with Gasteiger partial charge >= 0.3 is 11.9 Å².